The summed E-state index contributed by atoms with van der Waals surface area (Å²) in [4.78, 5) is 62.1. The highest BCUT2D eigenvalue weighted by Crippen LogP contribution is 2.57. The van der Waals surface area contributed by atoms with Crippen molar-refractivity contribution in [3.05, 3.63) is 48.2 Å². The number of esters is 1. The quantitative estimate of drug-likeness (QED) is 0.322. The van der Waals surface area contributed by atoms with Crippen molar-refractivity contribution in [2.24, 2.45) is 23.2 Å². The van der Waals surface area contributed by atoms with Crippen LogP contribution in [0.25, 0.3) is 16.8 Å². The third-order valence-electron chi connectivity index (χ3n) is 11.5. The van der Waals surface area contributed by atoms with Crippen molar-refractivity contribution in [1.82, 2.24) is 14.6 Å². The van der Waals surface area contributed by atoms with E-state index < -0.39 is 50.6 Å². The molecule has 3 fully saturated rings. The monoisotopic (exact) mass is 747 g/mol. The van der Waals surface area contributed by atoms with Crippen LogP contribution < -0.4 is 14.2 Å². The Balaban J connectivity index is 1.24. The number of methoxy groups -OCH3 is 1. The molecule has 0 radical (unpaired) electrons. The van der Waals surface area contributed by atoms with Crippen LogP contribution in [0.15, 0.2) is 42.6 Å². The van der Waals surface area contributed by atoms with Crippen LogP contribution in [0.1, 0.15) is 89.5 Å². The zero-order chi connectivity index (χ0) is 37.3. The summed E-state index contributed by atoms with van der Waals surface area (Å²) >= 11 is 0. The Morgan fingerprint density at radius 2 is 1.92 bits per heavy atom. The first-order chi connectivity index (χ1) is 25.5. The van der Waals surface area contributed by atoms with Gasteiger partial charge in [-0.05, 0) is 80.4 Å². The van der Waals surface area contributed by atoms with E-state index in [1.807, 2.05) is 49.4 Å². The van der Waals surface area contributed by atoms with Gasteiger partial charge in [-0.25, -0.2) is 13.4 Å². The molecule has 0 spiro atoms. The Bertz CT molecular complexity index is 1940. The largest absolute Gasteiger partial charge is 0.496 e. The number of sulfonamides is 1. The topological polar surface area (TPSA) is 158 Å². The van der Waals surface area contributed by atoms with Gasteiger partial charge in [0, 0.05) is 35.9 Å². The van der Waals surface area contributed by atoms with Gasteiger partial charge in [-0.3, -0.25) is 23.9 Å². The summed E-state index contributed by atoms with van der Waals surface area (Å²) in [7, 11) is -2.23. The maximum atomic E-state index is 14.6. The average molecular weight is 748 g/mol. The number of nitrogens with zero attached hydrogens (tertiary/aromatic N) is 2. The molecule has 53 heavy (non-hydrogen) atoms. The summed E-state index contributed by atoms with van der Waals surface area (Å²) in [6, 6.07) is 4.78. The number of pyridine rings is 1. The second kappa shape index (κ2) is 15.2. The maximum absolute atomic E-state index is 14.6. The van der Waals surface area contributed by atoms with Gasteiger partial charge in [-0.1, -0.05) is 44.1 Å². The van der Waals surface area contributed by atoms with E-state index in [0.717, 1.165) is 35.6 Å². The molecule has 7 rings (SSSR count). The number of fused-ring (bicyclic) bond motifs is 4. The number of carbonyl (C=O) groups excluding carboxylic acids is 4. The molecule has 284 valence electrons. The number of amides is 2. The van der Waals surface area contributed by atoms with Crippen LogP contribution in [0.2, 0.25) is 0 Å². The number of rotatable bonds is 4. The molecule has 12 nitrogen and oxygen atoms in total. The minimum absolute atomic E-state index is 0.0224. The number of benzene rings is 1. The molecular weight excluding hydrogens is 699 g/mol. The molecule has 5 bridgehead atoms. The Hall–Kier alpha value is -4.26. The molecular formula is C40H49N3O9S. The average Bonchev–Trinajstić information content (AvgIpc) is 4.06. The Morgan fingerprint density at radius 3 is 2.72 bits per heavy atom. The van der Waals surface area contributed by atoms with Gasteiger partial charge >= 0.3 is 5.97 Å². The van der Waals surface area contributed by atoms with Gasteiger partial charge in [0.25, 0.3) is 0 Å². The van der Waals surface area contributed by atoms with Gasteiger partial charge in [-0.2, -0.15) is 0 Å². The van der Waals surface area contributed by atoms with E-state index in [9.17, 15) is 27.6 Å². The van der Waals surface area contributed by atoms with Crippen LogP contribution in [0.5, 0.6) is 11.6 Å². The molecule has 2 aliphatic carbocycles. The van der Waals surface area contributed by atoms with Crippen LogP contribution in [0.4, 0.5) is 0 Å². The number of allylic oxidation sites excluding steroid dienone is 3. The Kier molecular flexibility index (Phi) is 10.7. The number of nitrogens with one attached hydrogen (secondary N) is 1. The predicted molar refractivity (Wildman–Crippen MR) is 197 cm³/mol. The van der Waals surface area contributed by atoms with Gasteiger partial charge in [0.2, 0.25) is 27.7 Å². The molecule has 2 amide bonds. The summed E-state index contributed by atoms with van der Waals surface area (Å²) in [5.41, 5.74) is -0.411. The lowest BCUT2D eigenvalue weighted by molar-refractivity contribution is -0.151. The first-order valence-corrected chi connectivity index (χ1v) is 20.5. The minimum Gasteiger partial charge on any atom is -0.496 e. The molecule has 5 aliphatic rings. The minimum atomic E-state index is -3.84. The summed E-state index contributed by atoms with van der Waals surface area (Å²) in [6.45, 7) is 2.27. The second-order valence-corrected chi connectivity index (χ2v) is 17.6. The van der Waals surface area contributed by atoms with E-state index in [-0.39, 0.29) is 55.9 Å². The molecule has 3 aliphatic heterocycles. The van der Waals surface area contributed by atoms with Crippen molar-refractivity contribution in [3.63, 3.8) is 0 Å². The fourth-order valence-corrected chi connectivity index (χ4v) is 9.45. The van der Waals surface area contributed by atoms with Gasteiger partial charge in [0.1, 0.15) is 11.9 Å². The molecule has 1 aromatic carbocycles. The van der Waals surface area contributed by atoms with E-state index in [0.29, 0.717) is 50.2 Å². The van der Waals surface area contributed by atoms with Crippen molar-refractivity contribution in [2.45, 2.75) is 101 Å². The Labute approximate surface area is 310 Å². The number of hydrogen-bond donors (Lipinski definition) is 1. The standard InChI is InChI=1S/C40H49N3O9S/c1-25-9-8-11-27-17-32-26(18-35(27)50-2)15-16-41-37(32)52-30-20-33-34(44)22-40(39(47)42-53(48,49)31-13-14-31)21-29(40)12-7-5-3-4-6-10-28(19-36(45)51-24-25)38(46)43(33)23-30/h7-8,11-12,15-18,25,28-31,33H,3-6,9-10,13-14,19-24H2,1-2H3,(H,42,47)/b11-8+,12-7-/t25-,28-,29+,30-,33+,40-/m1/s1. The molecule has 1 saturated heterocycles. The lowest BCUT2D eigenvalue weighted by Gasteiger charge is -2.29. The predicted octanol–water partition coefficient (Wildman–Crippen LogP) is 5.29. The molecule has 1 aromatic heterocycles. The van der Waals surface area contributed by atoms with Crippen molar-refractivity contribution in [1.29, 1.82) is 0 Å². The highest BCUT2D eigenvalue weighted by atomic mass is 32.2. The molecule has 2 saturated carbocycles. The third kappa shape index (κ3) is 8.14. The van der Waals surface area contributed by atoms with Crippen LogP contribution in [-0.4, -0.2) is 79.5 Å². The molecule has 13 heteroatoms. The van der Waals surface area contributed by atoms with Crippen LogP contribution in [0.3, 0.4) is 0 Å². The first-order valence-electron chi connectivity index (χ1n) is 19.0. The summed E-state index contributed by atoms with van der Waals surface area (Å²) in [5, 5.41) is 1.01. The van der Waals surface area contributed by atoms with Gasteiger partial charge in [-0.15, -0.1) is 0 Å². The smallest absolute Gasteiger partial charge is 0.306 e. The number of hydrogen-bond acceptors (Lipinski definition) is 10. The summed E-state index contributed by atoms with van der Waals surface area (Å²) in [6.07, 6.45) is 14.4. The zero-order valence-corrected chi connectivity index (χ0v) is 31.3. The molecule has 6 atom stereocenters. The van der Waals surface area contributed by atoms with Crippen molar-refractivity contribution < 1.29 is 41.8 Å². The fraction of sp³-hybridized carbons (Fsp3) is 0.575. The van der Waals surface area contributed by atoms with Gasteiger partial charge in [0.05, 0.1) is 43.4 Å². The number of Topliss-reactive ketones (excluding diaryl/α,β-unsaturated/α-hetero) is 1. The van der Waals surface area contributed by atoms with E-state index in [4.69, 9.17) is 14.2 Å². The zero-order valence-electron chi connectivity index (χ0n) is 30.5. The van der Waals surface area contributed by atoms with Gasteiger partial charge < -0.3 is 19.1 Å². The SMILES string of the molecule is COc1cc2ccnc3c2cc1/C=C/C[C@@H](C)COC(=O)C[C@H]1CCCCC/C=C\[C@H]2C[C@@]2(C(=O)NS(=O)(=O)C2CC2)CC(=O)[C@@H]2C[C@H](CN2C1=O)O3. The number of ketones is 1. The van der Waals surface area contributed by atoms with Crippen LogP contribution in [-0.2, 0) is 33.9 Å². The molecule has 2 aromatic rings. The van der Waals surface area contributed by atoms with E-state index in [2.05, 4.69) is 9.71 Å². The molecule has 0 unspecified atom stereocenters. The van der Waals surface area contributed by atoms with E-state index in [1.165, 1.54) is 4.90 Å². The number of ether oxygens (including phenoxy) is 3. The second-order valence-electron chi connectivity index (χ2n) is 15.6. The van der Waals surface area contributed by atoms with E-state index >= 15 is 0 Å². The third-order valence-corrected chi connectivity index (χ3v) is 13.3. The molecule has 1 N–H and O–H groups in total. The number of aromatic nitrogens is 1. The van der Waals surface area contributed by atoms with Crippen LogP contribution >= 0.6 is 0 Å². The van der Waals surface area contributed by atoms with Crippen molar-refractivity contribution in [3.8, 4) is 11.6 Å². The lowest BCUT2D eigenvalue weighted by Crippen LogP contribution is -2.46. The van der Waals surface area contributed by atoms with Crippen LogP contribution in [0, 0.1) is 23.2 Å². The summed E-state index contributed by atoms with van der Waals surface area (Å²) < 4.78 is 45.9. The highest BCUT2D eigenvalue weighted by molar-refractivity contribution is 7.90. The maximum Gasteiger partial charge on any atom is 0.306 e. The normalized spacial score (nSPS) is 31.2. The van der Waals surface area contributed by atoms with Crippen molar-refractivity contribution in [2.75, 3.05) is 20.3 Å². The fourth-order valence-electron chi connectivity index (χ4n) is 8.06. The first kappa shape index (κ1) is 37.1. The van der Waals surface area contributed by atoms with Gasteiger partial charge in [0.15, 0.2) is 5.78 Å². The number of carbonyl (C=O) groups is 4. The van der Waals surface area contributed by atoms with E-state index in [1.54, 1.807) is 13.3 Å². The Morgan fingerprint density at radius 1 is 1.09 bits per heavy atom. The summed E-state index contributed by atoms with van der Waals surface area (Å²) in [5.74, 6) is -1.73. The molecule has 4 heterocycles. The highest BCUT2D eigenvalue weighted by Gasteiger charge is 2.61. The lowest BCUT2D eigenvalue weighted by atomic mass is 9.90. The number of cyclic esters (lactones) is 1. The van der Waals surface area contributed by atoms with Crippen molar-refractivity contribution >= 4 is 50.4 Å².